The molecule has 93 valence electrons. The summed E-state index contributed by atoms with van der Waals surface area (Å²) in [4.78, 5) is 10.2. The van der Waals surface area contributed by atoms with Crippen molar-refractivity contribution >= 4 is 31.8 Å². The molecular formula is C13H26InO2. The molecule has 0 unspecified atom stereocenters. The molecule has 0 amide bonds. The van der Waals surface area contributed by atoms with Crippen LogP contribution in [0.5, 0.6) is 0 Å². The maximum absolute atomic E-state index is 10.2. The Hall–Kier alpha value is 0.340. The second kappa shape index (κ2) is 15.3. The van der Waals surface area contributed by atoms with Crippen molar-refractivity contribution < 1.29 is 9.90 Å². The summed E-state index contributed by atoms with van der Waals surface area (Å²) >= 11 is 0. The summed E-state index contributed by atoms with van der Waals surface area (Å²) in [5.74, 6) is -0.658. The third-order valence-electron chi connectivity index (χ3n) is 2.74. The monoisotopic (exact) mass is 329 g/mol. The summed E-state index contributed by atoms with van der Waals surface area (Å²) in [5.41, 5.74) is 0. The van der Waals surface area contributed by atoms with Crippen LogP contribution in [0.4, 0.5) is 0 Å². The fourth-order valence-electron chi connectivity index (χ4n) is 1.76. The van der Waals surface area contributed by atoms with E-state index in [1.165, 1.54) is 51.4 Å². The van der Waals surface area contributed by atoms with E-state index in [0.29, 0.717) is 6.42 Å². The number of hydrogen-bond donors (Lipinski definition) is 1. The van der Waals surface area contributed by atoms with Crippen molar-refractivity contribution in [1.82, 2.24) is 0 Å². The maximum atomic E-state index is 10.2. The molecule has 3 heteroatoms. The van der Waals surface area contributed by atoms with Gasteiger partial charge in [-0.1, -0.05) is 64.7 Å². The Labute approximate surface area is 119 Å². The van der Waals surface area contributed by atoms with Crippen molar-refractivity contribution in [2.45, 2.75) is 77.6 Å². The van der Waals surface area contributed by atoms with Crippen molar-refractivity contribution in [2.75, 3.05) is 0 Å². The molecule has 0 aromatic rings. The molecule has 0 aliphatic carbocycles. The van der Waals surface area contributed by atoms with Gasteiger partial charge in [-0.05, 0) is 6.42 Å². The van der Waals surface area contributed by atoms with E-state index in [1.54, 1.807) is 0 Å². The second-order valence-electron chi connectivity index (χ2n) is 4.33. The van der Waals surface area contributed by atoms with E-state index in [9.17, 15) is 4.79 Å². The van der Waals surface area contributed by atoms with E-state index < -0.39 is 5.97 Å². The Morgan fingerprint density at radius 2 is 1.19 bits per heavy atom. The number of aliphatic carboxylic acids is 1. The smallest absolute Gasteiger partial charge is 0.303 e. The molecule has 0 fully saturated rings. The summed E-state index contributed by atoms with van der Waals surface area (Å²) in [6.45, 7) is 2.24. The topological polar surface area (TPSA) is 37.3 Å². The first-order valence-corrected chi connectivity index (χ1v) is 6.49. The minimum atomic E-state index is -0.658. The summed E-state index contributed by atoms with van der Waals surface area (Å²) in [7, 11) is 0. The number of carbonyl (C=O) groups is 1. The number of unbranched alkanes of at least 4 members (excludes halogenated alkanes) is 9. The molecule has 0 saturated heterocycles. The molecule has 0 aliphatic rings. The van der Waals surface area contributed by atoms with E-state index in [-0.39, 0.29) is 25.8 Å². The van der Waals surface area contributed by atoms with Gasteiger partial charge in [0.1, 0.15) is 0 Å². The third kappa shape index (κ3) is 16.8. The van der Waals surface area contributed by atoms with Crippen molar-refractivity contribution in [1.29, 1.82) is 0 Å². The van der Waals surface area contributed by atoms with Crippen molar-refractivity contribution in [3.8, 4) is 0 Å². The van der Waals surface area contributed by atoms with Gasteiger partial charge in [-0.15, -0.1) is 0 Å². The first-order valence-electron chi connectivity index (χ1n) is 6.49. The van der Waals surface area contributed by atoms with Crippen LogP contribution in [-0.4, -0.2) is 36.9 Å². The predicted octanol–water partition coefficient (Wildman–Crippen LogP) is 4.00. The fraction of sp³-hybridized carbons (Fsp3) is 0.923. The van der Waals surface area contributed by atoms with Crippen LogP contribution < -0.4 is 0 Å². The van der Waals surface area contributed by atoms with E-state index in [4.69, 9.17) is 5.11 Å². The second-order valence-corrected chi connectivity index (χ2v) is 4.33. The molecule has 3 radical (unpaired) electrons. The average Bonchev–Trinajstić information content (AvgIpc) is 2.20. The van der Waals surface area contributed by atoms with Gasteiger partial charge in [-0.3, -0.25) is 4.79 Å². The van der Waals surface area contributed by atoms with Crippen LogP contribution in [0, 0.1) is 0 Å². The SMILES string of the molecule is CCCCCCCCCCCCC(=O)O.[In]. The summed E-state index contributed by atoms with van der Waals surface area (Å²) < 4.78 is 0. The Bertz CT molecular complexity index is 149. The molecular weight excluding hydrogens is 303 g/mol. The van der Waals surface area contributed by atoms with Gasteiger partial charge in [0.15, 0.2) is 0 Å². The normalized spacial score (nSPS) is 9.81. The Kier molecular flexibility index (Phi) is 17.9. The van der Waals surface area contributed by atoms with Gasteiger partial charge in [0.2, 0.25) is 0 Å². The predicted molar refractivity (Wildman–Crippen MR) is 69.9 cm³/mol. The van der Waals surface area contributed by atoms with E-state index in [2.05, 4.69) is 6.92 Å². The maximum Gasteiger partial charge on any atom is 0.303 e. The van der Waals surface area contributed by atoms with Crippen LogP contribution in [0.25, 0.3) is 0 Å². The Balaban J connectivity index is 0. The van der Waals surface area contributed by atoms with Crippen LogP contribution in [-0.2, 0) is 4.79 Å². The largest absolute Gasteiger partial charge is 0.481 e. The zero-order valence-electron chi connectivity index (χ0n) is 10.7. The summed E-state index contributed by atoms with van der Waals surface area (Å²) in [5, 5.41) is 8.44. The van der Waals surface area contributed by atoms with Gasteiger partial charge in [0.25, 0.3) is 0 Å². The van der Waals surface area contributed by atoms with Gasteiger partial charge in [0.05, 0.1) is 0 Å². The molecule has 0 heterocycles. The van der Waals surface area contributed by atoms with E-state index in [1.807, 2.05) is 0 Å². The molecule has 0 rings (SSSR count). The molecule has 16 heavy (non-hydrogen) atoms. The molecule has 0 atom stereocenters. The minimum absolute atomic E-state index is 0. The van der Waals surface area contributed by atoms with Gasteiger partial charge in [-0.2, -0.15) is 0 Å². The van der Waals surface area contributed by atoms with Crippen molar-refractivity contribution in [3.05, 3.63) is 0 Å². The molecule has 0 bridgehead atoms. The fourth-order valence-corrected chi connectivity index (χ4v) is 1.76. The molecule has 0 spiro atoms. The zero-order chi connectivity index (χ0) is 11.4. The number of carboxylic acids is 1. The van der Waals surface area contributed by atoms with Crippen LogP contribution >= 0.6 is 0 Å². The van der Waals surface area contributed by atoms with Crippen LogP contribution in [0.2, 0.25) is 0 Å². The van der Waals surface area contributed by atoms with Crippen LogP contribution in [0.15, 0.2) is 0 Å². The van der Waals surface area contributed by atoms with Crippen molar-refractivity contribution in [3.63, 3.8) is 0 Å². The third-order valence-corrected chi connectivity index (χ3v) is 2.74. The van der Waals surface area contributed by atoms with Gasteiger partial charge in [0, 0.05) is 32.3 Å². The summed E-state index contributed by atoms with van der Waals surface area (Å²) in [6, 6.07) is 0. The molecule has 2 nitrogen and oxygen atoms in total. The van der Waals surface area contributed by atoms with Gasteiger partial charge >= 0.3 is 5.97 Å². The Morgan fingerprint density at radius 1 is 0.812 bits per heavy atom. The molecule has 0 aromatic heterocycles. The van der Waals surface area contributed by atoms with Crippen LogP contribution in [0.3, 0.4) is 0 Å². The standard InChI is InChI=1S/C13H26O2.In/c1-2-3-4-5-6-7-8-9-10-11-12-13(14)15;/h2-12H2,1H3,(H,14,15);. The number of rotatable bonds is 11. The minimum Gasteiger partial charge on any atom is -0.481 e. The van der Waals surface area contributed by atoms with Crippen molar-refractivity contribution in [2.24, 2.45) is 0 Å². The number of hydrogen-bond acceptors (Lipinski definition) is 1. The molecule has 0 aromatic carbocycles. The average molecular weight is 329 g/mol. The van der Waals surface area contributed by atoms with E-state index >= 15 is 0 Å². The number of carboxylic acid groups (broad SMARTS) is 1. The van der Waals surface area contributed by atoms with Gasteiger partial charge < -0.3 is 5.11 Å². The van der Waals surface area contributed by atoms with E-state index in [0.717, 1.165) is 12.8 Å². The van der Waals surface area contributed by atoms with Crippen LogP contribution in [0.1, 0.15) is 77.6 Å². The quantitative estimate of drug-likeness (QED) is 0.582. The Morgan fingerprint density at radius 3 is 1.56 bits per heavy atom. The summed E-state index contributed by atoms with van der Waals surface area (Å²) in [6.07, 6.45) is 12.9. The molecule has 0 saturated carbocycles. The molecule has 1 N–H and O–H groups in total. The molecule has 0 aliphatic heterocycles. The van der Waals surface area contributed by atoms with Gasteiger partial charge in [-0.25, -0.2) is 0 Å². The first-order chi connectivity index (χ1) is 7.27. The zero-order valence-corrected chi connectivity index (χ0v) is 14.0. The first kappa shape index (κ1) is 18.7.